The van der Waals surface area contributed by atoms with Crippen LogP contribution >= 0.6 is 0 Å². The molecular weight excluding hydrogens is 280 g/mol. The fourth-order valence-electron chi connectivity index (χ4n) is 2.13. The van der Waals surface area contributed by atoms with Crippen molar-refractivity contribution >= 4 is 17.6 Å². The van der Waals surface area contributed by atoms with Gasteiger partial charge in [-0.2, -0.15) is 0 Å². The van der Waals surface area contributed by atoms with E-state index in [9.17, 15) is 9.59 Å². The minimum Gasteiger partial charge on any atom is -0.425 e. The monoisotopic (exact) mass is 300 g/mol. The van der Waals surface area contributed by atoms with Gasteiger partial charge in [0, 0.05) is 25.0 Å². The summed E-state index contributed by atoms with van der Waals surface area (Å²) in [6.45, 7) is 3.71. The summed E-state index contributed by atoms with van der Waals surface area (Å²) in [5.41, 5.74) is 1.96. The Morgan fingerprint density at radius 2 is 2.00 bits per heavy atom. The molecule has 0 aromatic heterocycles. The second-order valence-corrected chi connectivity index (χ2v) is 5.08. The Bertz CT molecular complexity index is 603. The van der Waals surface area contributed by atoms with Crippen molar-refractivity contribution in [3.63, 3.8) is 0 Å². The maximum Gasteiger partial charge on any atom is 0.331 e. The number of ether oxygens (including phenoxy) is 1. The highest BCUT2D eigenvalue weighted by Gasteiger charge is 2.11. The molecule has 0 fully saturated rings. The lowest BCUT2D eigenvalue weighted by atomic mass is 10.1. The van der Waals surface area contributed by atoms with Crippen LogP contribution in [0.5, 0.6) is 5.75 Å². The number of carbonyl (C=O) groups excluding carboxylic acids is 2. The van der Waals surface area contributed by atoms with Crippen LogP contribution in [0.25, 0.3) is 0 Å². The highest BCUT2D eigenvalue weighted by Crippen LogP contribution is 2.17. The van der Waals surface area contributed by atoms with Crippen LogP contribution in [0.4, 0.5) is 5.69 Å². The molecule has 1 aromatic carbocycles. The van der Waals surface area contributed by atoms with Crippen molar-refractivity contribution in [1.82, 2.24) is 4.90 Å². The maximum absolute atomic E-state index is 11.9. The Balaban J connectivity index is 1.89. The Labute approximate surface area is 130 Å². The quantitative estimate of drug-likeness (QED) is 0.670. The highest BCUT2D eigenvalue weighted by molar-refractivity contribution is 5.88. The molecule has 1 amide bonds. The number of nitrogens with zero attached hydrogens (tertiary/aromatic N) is 1. The van der Waals surface area contributed by atoms with Crippen molar-refractivity contribution in [3.05, 3.63) is 48.3 Å². The van der Waals surface area contributed by atoms with Crippen LogP contribution in [-0.2, 0) is 9.59 Å². The maximum atomic E-state index is 11.9. The molecule has 0 aliphatic carbocycles. The van der Waals surface area contributed by atoms with Gasteiger partial charge in [0.15, 0.2) is 0 Å². The summed E-state index contributed by atoms with van der Waals surface area (Å²) in [4.78, 5) is 24.7. The summed E-state index contributed by atoms with van der Waals surface area (Å²) >= 11 is 0. The van der Waals surface area contributed by atoms with Gasteiger partial charge >= 0.3 is 5.97 Å². The van der Waals surface area contributed by atoms with Crippen molar-refractivity contribution < 1.29 is 14.3 Å². The minimum absolute atomic E-state index is 0.139. The molecule has 116 valence electrons. The first kappa shape index (κ1) is 15.8. The lowest BCUT2D eigenvalue weighted by Gasteiger charge is -2.20. The van der Waals surface area contributed by atoms with Gasteiger partial charge in [-0.05, 0) is 37.1 Å². The highest BCUT2D eigenvalue weighted by atomic mass is 16.5. The molecule has 22 heavy (non-hydrogen) atoms. The Kier molecular flexibility index (Phi) is 5.36. The zero-order valence-corrected chi connectivity index (χ0v) is 12.8. The van der Waals surface area contributed by atoms with E-state index < -0.39 is 0 Å². The Morgan fingerprint density at radius 3 is 2.64 bits per heavy atom. The molecule has 1 aliphatic rings. The molecule has 5 heteroatoms. The molecule has 0 saturated heterocycles. The van der Waals surface area contributed by atoms with Crippen molar-refractivity contribution in [2.45, 2.75) is 26.7 Å². The van der Waals surface area contributed by atoms with Gasteiger partial charge in [0.25, 0.3) is 0 Å². The molecule has 0 radical (unpaired) electrons. The molecule has 1 heterocycles. The molecule has 0 bridgehead atoms. The lowest BCUT2D eigenvalue weighted by Crippen LogP contribution is -2.25. The van der Waals surface area contributed by atoms with E-state index in [-0.39, 0.29) is 18.4 Å². The second-order valence-electron chi connectivity index (χ2n) is 5.08. The Hall–Kier alpha value is -2.56. The smallest absolute Gasteiger partial charge is 0.331 e. The van der Waals surface area contributed by atoms with Gasteiger partial charge in [-0.1, -0.05) is 18.6 Å². The van der Waals surface area contributed by atoms with Gasteiger partial charge in [-0.15, -0.1) is 0 Å². The zero-order valence-electron chi connectivity index (χ0n) is 12.8. The molecule has 1 aliphatic heterocycles. The first-order valence-electron chi connectivity index (χ1n) is 7.27. The molecule has 0 atom stereocenters. The summed E-state index contributed by atoms with van der Waals surface area (Å²) in [5.74, 6) is -0.00883. The third-order valence-corrected chi connectivity index (χ3v) is 3.20. The van der Waals surface area contributed by atoms with E-state index >= 15 is 0 Å². The van der Waals surface area contributed by atoms with Crippen molar-refractivity contribution in [3.8, 4) is 5.75 Å². The molecular formula is C17H20N2O3. The van der Waals surface area contributed by atoms with Crippen LogP contribution < -0.4 is 10.1 Å². The van der Waals surface area contributed by atoms with Gasteiger partial charge in [-0.25, -0.2) is 4.79 Å². The fourth-order valence-corrected chi connectivity index (χ4v) is 2.13. The molecule has 0 unspecified atom stereocenters. The average Bonchev–Trinajstić information content (AvgIpc) is 2.49. The minimum atomic E-state index is -0.328. The van der Waals surface area contributed by atoms with Crippen LogP contribution in [0, 0.1) is 0 Å². The summed E-state index contributed by atoms with van der Waals surface area (Å²) in [6.07, 6.45) is 7.82. The van der Waals surface area contributed by atoms with Gasteiger partial charge in [0.2, 0.25) is 5.91 Å². The predicted octanol–water partition coefficient (Wildman–Crippen LogP) is 3.06. The number of nitrogens with one attached hydrogen (secondary N) is 1. The van der Waals surface area contributed by atoms with Gasteiger partial charge in [-0.3, -0.25) is 4.79 Å². The molecule has 1 aromatic rings. The number of esters is 1. The second kappa shape index (κ2) is 7.45. The van der Waals surface area contributed by atoms with Gasteiger partial charge in [0.05, 0.1) is 0 Å². The normalized spacial score (nSPS) is 13.5. The summed E-state index contributed by atoms with van der Waals surface area (Å²) in [5, 5.41) is 2.66. The number of amides is 1. The fraction of sp³-hybridized carbons (Fsp3) is 0.294. The van der Waals surface area contributed by atoms with Crippen LogP contribution in [-0.4, -0.2) is 23.3 Å². The van der Waals surface area contributed by atoms with Crippen LogP contribution in [0.3, 0.4) is 0 Å². The van der Waals surface area contributed by atoms with Crippen molar-refractivity contribution in [2.75, 3.05) is 11.9 Å². The number of rotatable bonds is 5. The largest absolute Gasteiger partial charge is 0.425 e. The third kappa shape index (κ3) is 4.77. The number of allylic oxidation sites excluding steroid dienone is 2. The topological polar surface area (TPSA) is 58.6 Å². The first-order valence-corrected chi connectivity index (χ1v) is 7.27. The van der Waals surface area contributed by atoms with E-state index in [1.165, 1.54) is 12.5 Å². The van der Waals surface area contributed by atoms with E-state index in [1.807, 2.05) is 23.4 Å². The van der Waals surface area contributed by atoms with E-state index in [0.29, 0.717) is 11.4 Å². The number of hydrogen-bond donors (Lipinski definition) is 1. The molecule has 1 N–H and O–H groups in total. The lowest BCUT2D eigenvalue weighted by molar-refractivity contribution is -0.134. The van der Waals surface area contributed by atoms with Gasteiger partial charge in [0.1, 0.15) is 12.3 Å². The van der Waals surface area contributed by atoms with Crippen LogP contribution in [0.1, 0.15) is 26.7 Å². The van der Waals surface area contributed by atoms with Crippen molar-refractivity contribution in [1.29, 1.82) is 0 Å². The van der Waals surface area contributed by atoms with Crippen LogP contribution in [0.2, 0.25) is 0 Å². The summed E-state index contributed by atoms with van der Waals surface area (Å²) in [6, 6.07) is 6.70. The van der Waals surface area contributed by atoms with Crippen molar-refractivity contribution in [2.24, 2.45) is 0 Å². The molecule has 0 saturated carbocycles. The standard InChI is InChI=1S/C17H20N2O3/c1-3-14-5-4-10-19(11-14)12-17(21)22-16-8-6-15(7-9-16)18-13(2)20/h4,6-11H,3,5,12H2,1-2H3,(H,18,20). The van der Waals surface area contributed by atoms with E-state index in [0.717, 1.165) is 12.8 Å². The number of hydrogen-bond acceptors (Lipinski definition) is 4. The number of anilines is 1. The van der Waals surface area contributed by atoms with E-state index in [4.69, 9.17) is 4.74 Å². The van der Waals surface area contributed by atoms with Gasteiger partial charge < -0.3 is 15.0 Å². The number of benzene rings is 1. The predicted molar refractivity (Wildman–Crippen MR) is 85.2 cm³/mol. The third-order valence-electron chi connectivity index (χ3n) is 3.20. The summed E-state index contributed by atoms with van der Waals surface area (Å²) in [7, 11) is 0. The SMILES string of the molecule is CCC1=CN(CC(=O)Oc2ccc(NC(C)=O)cc2)C=CC1. The average molecular weight is 300 g/mol. The molecule has 0 spiro atoms. The van der Waals surface area contributed by atoms with E-state index in [2.05, 4.69) is 12.2 Å². The molecule has 2 rings (SSSR count). The van der Waals surface area contributed by atoms with Crippen LogP contribution in [0.15, 0.2) is 48.3 Å². The number of carbonyl (C=O) groups is 2. The summed E-state index contributed by atoms with van der Waals surface area (Å²) < 4.78 is 5.29. The molecule has 5 nitrogen and oxygen atoms in total. The zero-order chi connectivity index (χ0) is 15.9. The van der Waals surface area contributed by atoms with E-state index in [1.54, 1.807) is 24.3 Å². The Morgan fingerprint density at radius 1 is 1.27 bits per heavy atom. The first-order chi connectivity index (χ1) is 10.6.